The van der Waals surface area contributed by atoms with Gasteiger partial charge in [0.2, 0.25) is 10.0 Å². The fourth-order valence-corrected chi connectivity index (χ4v) is 5.55. The number of pyridine rings is 1. The molecule has 6 rings (SSSR count). The summed E-state index contributed by atoms with van der Waals surface area (Å²) < 4.78 is 89.5. The largest absolute Gasteiger partial charge is 0.457 e. The molecule has 9 nitrogen and oxygen atoms in total. The van der Waals surface area contributed by atoms with Gasteiger partial charge in [-0.3, -0.25) is 13.9 Å². The lowest BCUT2D eigenvalue weighted by Gasteiger charge is -2.21. The van der Waals surface area contributed by atoms with Crippen LogP contribution in [0.5, 0.6) is 11.5 Å². The predicted molar refractivity (Wildman–Crippen MR) is 165 cm³/mol. The van der Waals surface area contributed by atoms with Crippen molar-refractivity contribution in [2.24, 2.45) is 0 Å². The highest BCUT2D eigenvalue weighted by Gasteiger charge is 2.28. The molecule has 0 spiro atoms. The first kappa shape index (κ1) is 30.6. The van der Waals surface area contributed by atoms with E-state index in [0.717, 1.165) is 10.6 Å². The van der Waals surface area contributed by atoms with Gasteiger partial charge in [0, 0.05) is 41.1 Å². The van der Waals surface area contributed by atoms with Gasteiger partial charge in [0.25, 0.3) is 11.5 Å². The van der Waals surface area contributed by atoms with Gasteiger partial charge in [0.1, 0.15) is 35.0 Å². The first-order valence-electron chi connectivity index (χ1n) is 13.6. The molecule has 0 saturated carbocycles. The first-order chi connectivity index (χ1) is 21.7. The Balaban J connectivity index is 1.50. The molecule has 1 amide bonds. The highest BCUT2D eigenvalue weighted by atomic mass is 32.2. The summed E-state index contributed by atoms with van der Waals surface area (Å²) in [7, 11) is -2.51. The molecule has 46 heavy (non-hydrogen) atoms. The molecule has 0 unspecified atom stereocenters. The fraction of sp³-hybridized carbons (Fsp3) is 0.125. The normalized spacial score (nSPS) is 12.1. The Morgan fingerprint density at radius 1 is 0.978 bits per heavy atom. The van der Waals surface area contributed by atoms with Crippen molar-refractivity contribution in [1.29, 1.82) is 0 Å². The number of hydrogen-bond donors (Lipinski definition) is 2. The van der Waals surface area contributed by atoms with E-state index in [1.807, 2.05) is 5.32 Å². The van der Waals surface area contributed by atoms with E-state index in [-0.39, 0.29) is 33.4 Å². The summed E-state index contributed by atoms with van der Waals surface area (Å²) >= 11 is 0. The maximum absolute atomic E-state index is 13.4. The van der Waals surface area contributed by atoms with E-state index in [9.17, 15) is 35.6 Å². The van der Waals surface area contributed by atoms with Crippen LogP contribution in [0.4, 0.5) is 23.2 Å². The Labute approximate surface area is 258 Å². The number of nitrogens with zero attached hydrogens (tertiary/aromatic N) is 1. The van der Waals surface area contributed by atoms with Crippen molar-refractivity contribution in [2.75, 3.05) is 24.2 Å². The highest BCUT2D eigenvalue weighted by molar-refractivity contribution is 7.92. The molecule has 0 aliphatic carbocycles. The number of nitrogens with one attached hydrogen (secondary N) is 2. The number of sulfonamides is 1. The molecule has 2 aromatic heterocycles. The molecule has 0 radical (unpaired) electrons. The van der Waals surface area contributed by atoms with Crippen LogP contribution >= 0.6 is 0 Å². The van der Waals surface area contributed by atoms with Crippen LogP contribution in [0.1, 0.15) is 10.4 Å². The van der Waals surface area contributed by atoms with Gasteiger partial charge in [-0.25, -0.2) is 12.8 Å². The second-order valence-corrected chi connectivity index (χ2v) is 12.5. The number of amides is 1. The lowest BCUT2D eigenvalue weighted by Crippen LogP contribution is -2.33. The number of carbonyl (C=O) groups excluding carboxylic acids is 1. The molecular formula is C32H23F4N3O6S. The van der Waals surface area contributed by atoms with E-state index in [0.29, 0.717) is 33.4 Å². The van der Waals surface area contributed by atoms with E-state index in [2.05, 4.69) is 4.98 Å². The zero-order chi connectivity index (χ0) is 33.0. The van der Waals surface area contributed by atoms with Crippen LogP contribution < -0.4 is 19.9 Å². The number of H-pyrrole nitrogens is 1. The van der Waals surface area contributed by atoms with Crippen LogP contribution in [0.25, 0.3) is 44.0 Å². The molecule has 6 aromatic rings. The monoisotopic (exact) mass is 653 g/mol. The van der Waals surface area contributed by atoms with Gasteiger partial charge in [-0.05, 0) is 60.2 Å². The van der Waals surface area contributed by atoms with Gasteiger partial charge >= 0.3 is 6.18 Å². The van der Waals surface area contributed by atoms with E-state index >= 15 is 0 Å². The summed E-state index contributed by atoms with van der Waals surface area (Å²) in [6.07, 6.45) is -3.62. The quantitative estimate of drug-likeness (QED) is 0.185. The number of aromatic amines is 1. The number of halogens is 4. The van der Waals surface area contributed by atoms with Crippen LogP contribution in [0.15, 0.2) is 88.1 Å². The van der Waals surface area contributed by atoms with Crippen molar-refractivity contribution in [3.05, 3.63) is 101 Å². The summed E-state index contributed by atoms with van der Waals surface area (Å²) in [5.74, 6) is -0.651. The number of ether oxygens (including phenoxy) is 1. The molecule has 2 heterocycles. The van der Waals surface area contributed by atoms with Gasteiger partial charge in [-0.15, -0.1) is 0 Å². The van der Waals surface area contributed by atoms with Crippen molar-refractivity contribution in [1.82, 2.24) is 10.3 Å². The second kappa shape index (κ2) is 11.2. The van der Waals surface area contributed by atoms with Crippen molar-refractivity contribution in [2.45, 2.75) is 6.18 Å². The topological polar surface area (TPSA) is 122 Å². The average Bonchev–Trinajstić information content (AvgIpc) is 3.38. The number of benzene rings is 4. The van der Waals surface area contributed by atoms with Crippen LogP contribution in [0, 0.1) is 5.82 Å². The van der Waals surface area contributed by atoms with Crippen LogP contribution in [0.3, 0.4) is 0 Å². The third-order valence-electron chi connectivity index (χ3n) is 7.29. The van der Waals surface area contributed by atoms with E-state index in [4.69, 9.17) is 9.15 Å². The fourth-order valence-electron chi connectivity index (χ4n) is 5.04. The number of fused-ring (bicyclic) bond motifs is 5. The molecule has 2 N–H and O–H groups in total. The molecule has 4 aromatic carbocycles. The molecule has 0 saturated heterocycles. The van der Waals surface area contributed by atoms with Gasteiger partial charge in [-0.2, -0.15) is 13.2 Å². The maximum atomic E-state index is 13.4. The number of furan rings is 1. The Bertz CT molecular complexity index is 2330. The zero-order valence-electron chi connectivity index (χ0n) is 24.0. The van der Waals surface area contributed by atoms with Gasteiger partial charge < -0.3 is 19.5 Å². The standard InChI is InChI=1S/C32H23F4N3O6S/c1-39(46(2,42)43)26-15-27-24(14-23(26)17-4-3-5-18(12-17)30(40)37-16-32(34,35)36)28-29(45-27)22-11-10-21(13-25(22)38-31(28)41)44-20-8-6-19(33)7-9-20/h3-15H,16H2,1-2H3,(H,37,40)(H,38,41). The lowest BCUT2D eigenvalue weighted by atomic mass is 9.98. The summed E-state index contributed by atoms with van der Waals surface area (Å²) in [6.45, 7) is -1.53. The SMILES string of the molecule is CN(c1cc2oc3c4ccc(Oc5ccc(F)cc5)cc4[nH]c(=O)c3c2cc1-c1cccc(C(=O)NCC(F)(F)F)c1)S(C)(=O)=O. The van der Waals surface area contributed by atoms with Gasteiger partial charge in [0.05, 0.1) is 22.8 Å². The minimum atomic E-state index is -4.61. The Morgan fingerprint density at radius 2 is 1.70 bits per heavy atom. The molecule has 0 bridgehead atoms. The molecule has 0 aliphatic rings. The maximum Gasteiger partial charge on any atom is 0.405 e. The number of hydrogen-bond acceptors (Lipinski definition) is 6. The van der Waals surface area contributed by atoms with E-state index in [1.54, 1.807) is 24.3 Å². The molecule has 14 heteroatoms. The Morgan fingerprint density at radius 3 is 2.39 bits per heavy atom. The molecule has 236 valence electrons. The van der Waals surface area contributed by atoms with Crippen molar-refractivity contribution in [3.8, 4) is 22.6 Å². The van der Waals surface area contributed by atoms with E-state index < -0.39 is 40.0 Å². The van der Waals surface area contributed by atoms with Crippen LogP contribution in [-0.4, -0.2) is 45.3 Å². The first-order valence-corrected chi connectivity index (χ1v) is 15.4. The molecule has 0 fully saturated rings. The third kappa shape index (κ3) is 5.98. The average molecular weight is 654 g/mol. The van der Waals surface area contributed by atoms with Crippen molar-refractivity contribution >= 4 is 54.5 Å². The van der Waals surface area contributed by atoms with Gasteiger partial charge in [0.15, 0.2) is 0 Å². The molecular weight excluding hydrogens is 630 g/mol. The van der Waals surface area contributed by atoms with Gasteiger partial charge in [-0.1, -0.05) is 12.1 Å². The van der Waals surface area contributed by atoms with E-state index in [1.165, 1.54) is 61.6 Å². The third-order valence-corrected chi connectivity index (χ3v) is 8.48. The van der Waals surface area contributed by atoms with Crippen molar-refractivity contribution < 1.29 is 39.9 Å². The number of anilines is 1. The summed E-state index contributed by atoms with van der Waals surface area (Å²) in [5.41, 5.74) is 0.892. The number of rotatable bonds is 7. The lowest BCUT2D eigenvalue weighted by molar-refractivity contribution is -0.123. The minimum absolute atomic E-state index is 0.0886. The second-order valence-electron chi connectivity index (χ2n) is 10.5. The predicted octanol–water partition coefficient (Wildman–Crippen LogP) is 6.71. The minimum Gasteiger partial charge on any atom is -0.457 e. The summed E-state index contributed by atoms with van der Waals surface area (Å²) in [5, 5.41) is 2.83. The van der Waals surface area contributed by atoms with Crippen LogP contribution in [0.2, 0.25) is 0 Å². The van der Waals surface area contributed by atoms with Crippen LogP contribution in [-0.2, 0) is 10.0 Å². The van der Waals surface area contributed by atoms with Crippen molar-refractivity contribution in [3.63, 3.8) is 0 Å². The zero-order valence-corrected chi connectivity index (χ0v) is 24.8. The summed E-state index contributed by atoms with van der Waals surface area (Å²) in [6, 6.07) is 18.9. The highest BCUT2D eigenvalue weighted by Crippen LogP contribution is 2.40. The smallest absolute Gasteiger partial charge is 0.405 e. The molecule has 0 atom stereocenters. The number of carbonyl (C=O) groups is 1. The molecule has 0 aliphatic heterocycles. The Hall–Kier alpha value is -5.37. The number of alkyl halides is 3. The Kier molecular flexibility index (Phi) is 7.47. The summed E-state index contributed by atoms with van der Waals surface area (Å²) in [4.78, 5) is 28.8. The number of aromatic nitrogens is 1.